The van der Waals surface area contributed by atoms with E-state index in [4.69, 9.17) is 4.98 Å². The van der Waals surface area contributed by atoms with Crippen LogP contribution in [0.3, 0.4) is 0 Å². The van der Waals surface area contributed by atoms with Crippen molar-refractivity contribution in [1.82, 2.24) is 14.5 Å². The molecular weight excluding hydrogens is 377 g/mol. The minimum absolute atomic E-state index is 0.00527. The van der Waals surface area contributed by atoms with Gasteiger partial charge in [0, 0.05) is 24.2 Å². The van der Waals surface area contributed by atoms with Crippen LogP contribution in [0.25, 0.3) is 28.5 Å². The van der Waals surface area contributed by atoms with Gasteiger partial charge >= 0.3 is 0 Å². The maximum absolute atomic E-state index is 14.6. The van der Waals surface area contributed by atoms with E-state index in [9.17, 15) is 9.18 Å². The molecule has 1 fully saturated rings. The van der Waals surface area contributed by atoms with Crippen LogP contribution in [0.15, 0.2) is 48.5 Å². The molecule has 0 aliphatic carbocycles. The molecule has 1 aromatic heterocycles. The van der Waals surface area contributed by atoms with E-state index in [-0.39, 0.29) is 17.6 Å². The summed E-state index contributed by atoms with van der Waals surface area (Å²) in [5.74, 6) is 0.492. The number of benzene rings is 2. The topological polar surface area (TPSA) is 38.1 Å². The van der Waals surface area contributed by atoms with Crippen LogP contribution in [-0.2, 0) is 4.79 Å². The number of hydrogen-bond acceptors (Lipinski definition) is 3. The average molecular weight is 406 g/mol. The molecule has 0 saturated carbocycles. The number of imidazole rings is 1. The molecule has 1 aliphatic heterocycles. The van der Waals surface area contributed by atoms with Crippen molar-refractivity contribution in [2.75, 3.05) is 13.1 Å². The van der Waals surface area contributed by atoms with Crippen LogP contribution in [-0.4, -0.2) is 39.4 Å². The number of carbonyl (C=O) groups excluding carboxylic acids is 1. The van der Waals surface area contributed by atoms with Crippen molar-refractivity contribution in [2.24, 2.45) is 0 Å². The van der Waals surface area contributed by atoms with Crippen LogP contribution in [0, 0.1) is 5.82 Å². The van der Waals surface area contributed by atoms with E-state index in [0.29, 0.717) is 11.6 Å². The number of piperidine rings is 1. The first-order valence-corrected chi connectivity index (χ1v) is 10.6. The first-order valence-electron chi connectivity index (χ1n) is 10.6. The number of allylic oxidation sites excluding steroid dienone is 1. The minimum Gasteiger partial charge on any atom is -0.319 e. The van der Waals surface area contributed by atoms with E-state index >= 15 is 0 Å². The predicted molar refractivity (Wildman–Crippen MR) is 120 cm³/mol. The molecule has 1 atom stereocenters. The van der Waals surface area contributed by atoms with Crippen molar-refractivity contribution >= 4 is 22.9 Å². The van der Waals surface area contributed by atoms with Gasteiger partial charge in [-0.15, -0.1) is 0 Å². The third-order valence-electron chi connectivity index (χ3n) is 5.85. The Morgan fingerprint density at radius 1 is 1.23 bits per heavy atom. The Balaban J connectivity index is 1.84. The molecule has 3 aromatic rings. The van der Waals surface area contributed by atoms with Crippen LogP contribution in [0.1, 0.15) is 45.2 Å². The van der Waals surface area contributed by atoms with Gasteiger partial charge in [-0.05, 0) is 70.0 Å². The van der Waals surface area contributed by atoms with Gasteiger partial charge in [0.15, 0.2) is 11.6 Å². The number of para-hydroxylation sites is 1. The van der Waals surface area contributed by atoms with Crippen molar-refractivity contribution in [3.05, 3.63) is 59.9 Å². The second kappa shape index (κ2) is 8.52. The summed E-state index contributed by atoms with van der Waals surface area (Å²) in [5, 5.41) is 0. The van der Waals surface area contributed by atoms with Crippen molar-refractivity contribution in [3.63, 3.8) is 0 Å². The highest BCUT2D eigenvalue weighted by Crippen LogP contribution is 2.34. The molecular formula is C25H28FN3O. The lowest BCUT2D eigenvalue weighted by molar-refractivity contribution is -0.112. The highest BCUT2D eigenvalue weighted by Gasteiger charge is 2.27. The largest absolute Gasteiger partial charge is 0.319 e. The van der Waals surface area contributed by atoms with Crippen LogP contribution < -0.4 is 0 Å². The van der Waals surface area contributed by atoms with E-state index in [1.165, 1.54) is 13.0 Å². The summed E-state index contributed by atoms with van der Waals surface area (Å²) >= 11 is 0. The Hall–Kier alpha value is -2.79. The fraction of sp³-hybridized carbons (Fsp3) is 0.360. The maximum atomic E-state index is 14.6. The summed E-state index contributed by atoms with van der Waals surface area (Å²) in [6.07, 6.45) is 5.52. The number of aromatic nitrogens is 2. The number of hydrogen-bond donors (Lipinski definition) is 0. The van der Waals surface area contributed by atoms with Gasteiger partial charge in [0.2, 0.25) is 0 Å². The lowest BCUT2D eigenvalue weighted by Gasteiger charge is -2.36. The van der Waals surface area contributed by atoms with E-state index in [1.807, 2.05) is 30.3 Å². The van der Waals surface area contributed by atoms with E-state index in [1.54, 1.807) is 18.2 Å². The van der Waals surface area contributed by atoms with Gasteiger partial charge in [-0.25, -0.2) is 9.37 Å². The average Bonchev–Trinajstić information content (AvgIpc) is 3.13. The predicted octanol–water partition coefficient (Wildman–Crippen LogP) is 5.49. The molecule has 1 aliphatic rings. The van der Waals surface area contributed by atoms with Crippen molar-refractivity contribution in [1.29, 1.82) is 0 Å². The molecule has 156 valence electrons. The van der Waals surface area contributed by atoms with Crippen molar-refractivity contribution < 1.29 is 9.18 Å². The second-order valence-electron chi connectivity index (χ2n) is 8.37. The van der Waals surface area contributed by atoms with E-state index in [0.717, 1.165) is 48.4 Å². The SMILES string of the molecule is CC(=O)/C=C/c1cccc(-c2nc3c(F)cccc3n2C2CCCN(C(C)C)C2)c1. The summed E-state index contributed by atoms with van der Waals surface area (Å²) in [6, 6.07) is 13.8. The van der Waals surface area contributed by atoms with Gasteiger partial charge < -0.3 is 4.57 Å². The molecule has 4 nitrogen and oxygen atoms in total. The Labute approximate surface area is 177 Å². The first kappa shape index (κ1) is 20.5. The van der Waals surface area contributed by atoms with Crippen LogP contribution >= 0.6 is 0 Å². The quantitative estimate of drug-likeness (QED) is 0.527. The van der Waals surface area contributed by atoms with Crippen LogP contribution in [0.2, 0.25) is 0 Å². The van der Waals surface area contributed by atoms with E-state index < -0.39 is 0 Å². The summed E-state index contributed by atoms with van der Waals surface area (Å²) in [6.45, 7) is 8.00. The van der Waals surface area contributed by atoms with Crippen LogP contribution in [0.4, 0.5) is 4.39 Å². The summed E-state index contributed by atoms with van der Waals surface area (Å²) < 4.78 is 16.8. The normalized spacial score (nSPS) is 18.0. The number of halogens is 1. The van der Waals surface area contributed by atoms with Gasteiger partial charge in [-0.3, -0.25) is 9.69 Å². The fourth-order valence-corrected chi connectivity index (χ4v) is 4.31. The number of nitrogens with zero attached hydrogens (tertiary/aromatic N) is 3. The molecule has 30 heavy (non-hydrogen) atoms. The monoisotopic (exact) mass is 405 g/mol. The lowest BCUT2D eigenvalue weighted by Crippen LogP contribution is -2.40. The molecule has 4 rings (SSSR count). The van der Waals surface area contributed by atoms with Gasteiger partial charge in [0.25, 0.3) is 0 Å². The molecule has 2 aromatic carbocycles. The Bertz CT molecular complexity index is 1100. The zero-order valence-electron chi connectivity index (χ0n) is 17.8. The third kappa shape index (κ3) is 4.08. The van der Waals surface area contributed by atoms with Crippen molar-refractivity contribution in [2.45, 2.75) is 45.7 Å². The Kier molecular flexibility index (Phi) is 5.82. The Morgan fingerprint density at radius 2 is 2.03 bits per heavy atom. The summed E-state index contributed by atoms with van der Waals surface area (Å²) in [7, 11) is 0. The molecule has 2 heterocycles. The van der Waals surface area contributed by atoms with Gasteiger partial charge in [-0.1, -0.05) is 30.3 Å². The molecule has 0 amide bonds. The van der Waals surface area contributed by atoms with Gasteiger partial charge in [0.05, 0.1) is 5.52 Å². The maximum Gasteiger partial charge on any atom is 0.152 e. The molecule has 1 unspecified atom stereocenters. The van der Waals surface area contributed by atoms with Crippen LogP contribution in [0.5, 0.6) is 0 Å². The summed E-state index contributed by atoms with van der Waals surface area (Å²) in [4.78, 5) is 18.5. The van der Waals surface area contributed by atoms with Gasteiger partial charge in [-0.2, -0.15) is 0 Å². The number of ketones is 1. The number of rotatable bonds is 5. The molecule has 0 spiro atoms. The zero-order chi connectivity index (χ0) is 21.3. The minimum atomic E-state index is -0.295. The lowest BCUT2D eigenvalue weighted by atomic mass is 10.0. The standard InChI is InChI=1S/C25H28FN3O/c1-17(2)28-14-6-9-21(16-28)29-23-11-5-10-22(26)24(23)27-25(29)20-8-4-7-19(15-20)13-12-18(3)30/h4-5,7-8,10-13,15,17,21H,6,9,14,16H2,1-3H3/b13-12+. The summed E-state index contributed by atoms with van der Waals surface area (Å²) in [5.41, 5.74) is 3.11. The third-order valence-corrected chi connectivity index (χ3v) is 5.85. The fourth-order valence-electron chi connectivity index (χ4n) is 4.31. The molecule has 0 bridgehead atoms. The zero-order valence-corrected chi connectivity index (χ0v) is 17.8. The highest BCUT2D eigenvalue weighted by molar-refractivity contribution is 5.91. The number of fused-ring (bicyclic) bond motifs is 1. The number of carbonyl (C=O) groups is 1. The van der Waals surface area contributed by atoms with Crippen molar-refractivity contribution in [3.8, 4) is 11.4 Å². The molecule has 0 N–H and O–H groups in total. The molecule has 5 heteroatoms. The highest BCUT2D eigenvalue weighted by atomic mass is 19.1. The van der Waals surface area contributed by atoms with Gasteiger partial charge in [0.1, 0.15) is 11.3 Å². The number of likely N-dealkylation sites (tertiary alicyclic amines) is 1. The smallest absolute Gasteiger partial charge is 0.152 e. The molecule has 0 radical (unpaired) electrons. The first-order chi connectivity index (χ1) is 14.4. The second-order valence-corrected chi connectivity index (χ2v) is 8.37. The Morgan fingerprint density at radius 3 is 2.80 bits per heavy atom. The molecule has 1 saturated heterocycles. The van der Waals surface area contributed by atoms with E-state index in [2.05, 4.69) is 23.3 Å².